The average Bonchev–Trinajstić information content (AvgIpc) is 2.39. The van der Waals surface area contributed by atoms with E-state index in [2.05, 4.69) is 33.1 Å². The van der Waals surface area contributed by atoms with Crippen LogP contribution in [0.3, 0.4) is 0 Å². The quantitative estimate of drug-likeness (QED) is 0.765. The summed E-state index contributed by atoms with van der Waals surface area (Å²) < 4.78 is 0. The minimum atomic E-state index is 0.791. The van der Waals surface area contributed by atoms with E-state index in [4.69, 9.17) is 0 Å². The molecule has 2 saturated carbocycles. The number of hydrogen-bond acceptors (Lipinski definition) is 1. The molecule has 1 heteroatoms. The van der Waals surface area contributed by atoms with Gasteiger partial charge in [0.15, 0.2) is 0 Å². The van der Waals surface area contributed by atoms with Crippen molar-refractivity contribution in [3.05, 3.63) is 0 Å². The van der Waals surface area contributed by atoms with Crippen molar-refractivity contribution in [2.24, 2.45) is 29.6 Å². The zero-order chi connectivity index (χ0) is 13.8. The zero-order valence-electron chi connectivity index (χ0n) is 13.6. The van der Waals surface area contributed by atoms with Crippen molar-refractivity contribution in [3.63, 3.8) is 0 Å². The molecule has 1 nitrogen and oxygen atoms in total. The molecule has 0 saturated heterocycles. The molecule has 5 atom stereocenters. The highest BCUT2D eigenvalue weighted by molar-refractivity contribution is 4.89. The predicted octanol–water partition coefficient (Wildman–Crippen LogP) is 4.86. The molecule has 2 aliphatic rings. The number of rotatable bonds is 4. The van der Waals surface area contributed by atoms with Crippen LogP contribution in [0.4, 0.5) is 0 Å². The molecular weight excluding hydrogens is 230 g/mol. The molecule has 0 aromatic carbocycles. The molecule has 0 amide bonds. The van der Waals surface area contributed by atoms with E-state index < -0.39 is 0 Å². The van der Waals surface area contributed by atoms with Gasteiger partial charge in [-0.25, -0.2) is 0 Å². The van der Waals surface area contributed by atoms with Gasteiger partial charge in [0.1, 0.15) is 0 Å². The van der Waals surface area contributed by atoms with Crippen LogP contribution in [0.15, 0.2) is 0 Å². The summed E-state index contributed by atoms with van der Waals surface area (Å²) in [5, 5.41) is 3.73. The van der Waals surface area contributed by atoms with Crippen molar-refractivity contribution in [3.8, 4) is 0 Å². The van der Waals surface area contributed by atoms with Crippen LogP contribution < -0.4 is 5.32 Å². The van der Waals surface area contributed by atoms with Crippen molar-refractivity contribution in [1.29, 1.82) is 0 Å². The summed E-state index contributed by atoms with van der Waals surface area (Å²) in [7, 11) is 2.21. The molecule has 2 aliphatic carbocycles. The zero-order valence-corrected chi connectivity index (χ0v) is 13.6. The Morgan fingerprint density at radius 3 is 2.21 bits per heavy atom. The van der Waals surface area contributed by atoms with E-state index >= 15 is 0 Å². The molecule has 112 valence electrons. The minimum Gasteiger partial charge on any atom is -0.316 e. The minimum absolute atomic E-state index is 0.791. The normalized spacial score (nSPS) is 42.0. The Kier molecular flexibility index (Phi) is 5.74. The van der Waals surface area contributed by atoms with E-state index in [0.717, 1.165) is 35.6 Å². The summed E-state index contributed by atoms with van der Waals surface area (Å²) in [4.78, 5) is 0. The summed E-state index contributed by atoms with van der Waals surface area (Å²) in [6.07, 6.45) is 11.7. The lowest BCUT2D eigenvalue weighted by Gasteiger charge is -2.42. The van der Waals surface area contributed by atoms with Gasteiger partial charge in [-0.1, -0.05) is 40.0 Å². The maximum absolute atomic E-state index is 3.73. The lowest BCUT2D eigenvalue weighted by atomic mass is 9.67. The predicted molar refractivity (Wildman–Crippen MR) is 84.3 cm³/mol. The van der Waals surface area contributed by atoms with Gasteiger partial charge in [-0.05, 0) is 68.7 Å². The first-order valence-electron chi connectivity index (χ1n) is 8.81. The van der Waals surface area contributed by atoms with Gasteiger partial charge in [0.05, 0.1) is 0 Å². The molecule has 0 bridgehead atoms. The largest absolute Gasteiger partial charge is 0.316 e. The maximum atomic E-state index is 3.73. The first-order chi connectivity index (χ1) is 9.13. The van der Waals surface area contributed by atoms with Crippen LogP contribution >= 0.6 is 0 Å². The lowest BCUT2D eigenvalue weighted by molar-refractivity contribution is 0.115. The van der Waals surface area contributed by atoms with Crippen LogP contribution in [-0.2, 0) is 0 Å². The van der Waals surface area contributed by atoms with E-state index in [1.165, 1.54) is 51.4 Å². The first-order valence-corrected chi connectivity index (χ1v) is 8.81. The third-order valence-corrected chi connectivity index (χ3v) is 5.96. The fourth-order valence-corrected chi connectivity index (χ4v) is 5.19. The fraction of sp³-hybridized carbons (Fsp3) is 1.00. The third kappa shape index (κ3) is 3.97. The molecule has 19 heavy (non-hydrogen) atoms. The second-order valence-corrected chi connectivity index (χ2v) is 7.69. The maximum Gasteiger partial charge on any atom is 0.0121 e. The molecule has 5 unspecified atom stereocenters. The van der Waals surface area contributed by atoms with Crippen molar-refractivity contribution in [1.82, 2.24) is 5.32 Å². The highest BCUT2D eigenvalue weighted by Crippen LogP contribution is 2.41. The number of hydrogen-bond donors (Lipinski definition) is 1. The SMILES string of the molecule is CCC1CCCC(C(NC)C2CC(C)CC(C)C2)C1. The van der Waals surface area contributed by atoms with Gasteiger partial charge in [-0.2, -0.15) is 0 Å². The molecule has 0 heterocycles. The van der Waals surface area contributed by atoms with Crippen LogP contribution in [0, 0.1) is 29.6 Å². The Bertz CT molecular complexity index is 252. The first kappa shape index (κ1) is 15.4. The Balaban J connectivity index is 1.98. The Hall–Kier alpha value is -0.0400. The molecule has 0 aliphatic heterocycles. The molecule has 0 radical (unpaired) electrons. The molecule has 2 fully saturated rings. The van der Waals surface area contributed by atoms with Gasteiger partial charge in [0.25, 0.3) is 0 Å². The number of nitrogens with one attached hydrogen (secondary N) is 1. The van der Waals surface area contributed by atoms with E-state index in [0.29, 0.717) is 0 Å². The lowest BCUT2D eigenvalue weighted by Crippen LogP contribution is -2.44. The Labute approximate surface area is 120 Å². The van der Waals surface area contributed by atoms with Crippen molar-refractivity contribution >= 4 is 0 Å². The van der Waals surface area contributed by atoms with Crippen LogP contribution in [-0.4, -0.2) is 13.1 Å². The summed E-state index contributed by atoms with van der Waals surface area (Å²) >= 11 is 0. The summed E-state index contributed by atoms with van der Waals surface area (Å²) in [5.74, 6) is 4.77. The van der Waals surface area contributed by atoms with E-state index in [1.807, 2.05) is 0 Å². The van der Waals surface area contributed by atoms with Crippen LogP contribution in [0.1, 0.15) is 72.1 Å². The molecule has 2 rings (SSSR count). The second-order valence-electron chi connectivity index (χ2n) is 7.69. The van der Waals surface area contributed by atoms with Gasteiger partial charge >= 0.3 is 0 Å². The monoisotopic (exact) mass is 265 g/mol. The molecule has 0 spiro atoms. The van der Waals surface area contributed by atoms with E-state index in [1.54, 1.807) is 0 Å². The van der Waals surface area contributed by atoms with E-state index in [-0.39, 0.29) is 0 Å². The summed E-state index contributed by atoms with van der Waals surface area (Å²) in [6, 6.07) is 0.791. The fourth-order valence-electron chi connectivity index (χ4n) is 5.19. The second kappa shape index (κ2) is 7.11. The smallest absolute Gasteiger partial charge is 0.0121 e. The highest BCUT2D eigenvalue weighted by atomic mass is 14.9. The molecule has 0 aromatic heterocycles. The van der Waals surface area contributed by atoms with Crippen molar-refractivity contribution in [2.45, 2.75) is 78.2 Å². The summed E-state index contributed by atoms with van der Waals surface area (Å²) in [6.45, 7) is 7.31. The Morgan fingerprint density at radius 2 is 1.63 bits per heavy atom. The van der Waals surface area contributed by atoms with Crippen LogP contribution in [0.25, 0.3) is 0 Å². The van der Waals surface area contributed by atoms with Crippen LogP contribution in [0.2, 0.25) is 0 Å². The van der Waals surface area contributed by atoms with Gasteiger partial charge in [-0.3, -0.25) is 0 Å². The van der Waals surface area contributed by atoms with Gasteiger partial charge < -0.3 is 5.32 Å². The average molecular weight is 265 g/mol. The molecular formula is C18H35N. The third-order valence-electron chi connectivity index (χ3n) is 5.96. The molecule has 0 aromatic rings. The van der Waals surface area contributed by atoms with Gasteiger partial charge in [0.2, 0.25) is 0 Å². The van der Waals surface area contributed by atoms with Crippen LogP contribution in [0.5, 0.6) is 0 Å². The topological polar surface area (TPSA) is 12.0 Å². The standard InChI is InChI=1S/C18H35N/c1-5-15-7-6-8-16(12-15)18(19-4)17-10-13(2)9-14(3)11-17/h13-19H,5-12H2,1-4H3. The summed E-state index contributed by atoms with van der Waals surface area (Å²) in [5.41, 5.74) is 0. The van der Waals surface area contributed by atoms with Gasteiger partial charge in [0, 0.05) is 6.04 Å². The van der Waals surface area contributed by atoms with Crippen molar-refractivity contribution in [2.75, 3.05) is 7.05 Å². The van der Waals surface area contributed by atoms with Gasteiger partial charge in [-0.15, -0.1) is 0 Å². The Morgan fingerprint density at radius 1 is 0.947 bits per heavy atom. The highest BCUT2D eigenvalue weighted by Gasteiger charge is 2.35. The van der Waals surface area contributed by atoms with E-state index in [9.17, 15) is 0 Å². The van der Waals surface area contributed by atoms with Crippen molar-refractivity contribution < 1.29 is 0 Å². The molecule has 1 N–H and O–H groups in total.